The molecule has 3 nitrogen and oxygen atoms in total. The molecule has 18 heavy (non-hydrogen) atoms. The Morgan fingerprint density at radius 3 is 2.89 bits per heavy atom. The summed E-state index contributed by atoms with van der Waals surface area (Å²) in [6.45, 7) is 7.82. The van der Waals surface area contributed by atoms with Crippen molar-refractivity contribution in [2.24, 2.45) is 0 Å². The molecule has 0 saturated heterocycles. The van der Waals surface area contributed by atoms with Gasteiger partial charge in [-0.1, -0.05) is 26.7 Å². The van der Waals surface area contributed by atoms with Crippen molar-refractivity contribution in [2.45, 2.75) is 64.8 Å². The van der Waals surface area contributed by atoms with Gasteiger partial charge in [-0.15, -0.1) is 0 Å². The number of unbranched alkanes of at least 4 members (excludes halogenated alkanes) is 1. The minimum atomic E-state index is 0.509. The molecule has 0 amide bonds. The van der Waals surface area contributed by atoms with E-state index in [-0.39, 0.29) is 0 Å². The number of fused-ring (bicyclic) bond motifs is 1. The van der Waals surface area contributed by atoms with Crippen LogP contribution in [0.4, 0.5) is 5.82 Å². The first kappa shape index (κ1) is 13.9. The third-order valence-corrected chi connectivity index (χ3v) is 4.72. The maximum Gasteiger partial charge on any atom is 0.139 e. The van der Waals surface area contributed by atoms with Crippen molar-refractivity contribution in [3.05, 3.63) is 10.2 Å². The molecule has 1 aromatic rings. The minimum Gasteiger partial charge on any atom is -0.369 e. The quantitative estimate of drug-likeness (QED) is 0.853. The molecule has 0 bridgehead atoms. The first-order valence-corrected chi connectivity index (χ1v) is 8.00. The van der Waals surface area contributed by atoms with Crippen LogP contribution in [0.1, 0.15) is 70.5 Å². The summed E-state index contributed by atoms with van der Waals surface area (Å²) in [6.07, 6.45) is 6.12. The number of nitrogens with one attached hydrogen (secondary N) is 1. The molecule has 2 unspecified atom stereocenters. The highest BCUT2D eigenvalue weighted by molar-refractivity contribution is 9.10. The Hall–Kier alpha value is -0.510. The van der Waals surface area contributed by atoms with Crippen molar-refractivity contribution in [2.75, 3.05) is 11.9 Å². The average Bonchev–Trinajstić information content (AvgIpc) is 2.70. The molecule has 2 rings (SSSR count). The highest BCUT2D eigenvalue weighted by Crippen LogP contribution is 2.38. The van der Waals surface area contributed by atoms with Crippen LogP contribution in [0, 0.1) is 0 Å². The lowest BCUT2D eigenvalue weighted by Gasteiger charge is -2.22. The maximum absolute atomic E-state index is 4.86. The predicted octanol–water partition coefficient (Wildman–Crippen LogP) is 4.71. The second-order valence-corrected chi connectivity index (χ2v) is 6.10. The molecule has 1 N–H and O–H groups in total. The number of rotatable bonds is 5. The number of anilines is 1. The Morgan fingerprint density at radius 1 is 1.50 bits per heavy atom. The molecule has 102 valence electrons. The van der Waals surface area contributed by atoms with Crippen molar-refractivity contribution >= 4 is 21.7 Å². The summed E-state index contributed by atoms with van der Waals surface area (Å²) in [6, 6.07) is 0.509. The molecular formula is C14H24BrN3. The molecular weight excluding hydrogens is 290 g/mol. The van der Waals surface area contributed by atoms with Crippen LogP contribution in [0.25, 0.3) is 0 Å². The maximum atomic E-state index is 4.86. The summed E-state index contributed by atoms with van der Waals surface area (Å²) in [7, 11) is 0. The van der Waals surface area contributed by atoms with Gasteiger partial charge in [-0.25, -0.2) is 4.68 Å². The molecule has 1 aliphatic rings. The molecule has 1 aromatic heterocycles. The Kier molecular flexibility index (Phi) is 4.71. The van der Waals surface area contributed by atoms with Gasteiger partial charge < -0.3 is 5.32 Å². The van der Waals surface area contributed by atoms with Crippen LogP contribution in [-0.4, -0.2) is 16.3 Å². The molecule has 0 radical (unpaired) electrons. The number of halogens is 1. The normalized spacial score (nSPS) is 20.3. The van der Waals surface area contributed by atoms with Crippen molar-refractivity contribution in [1.29, 1.82) is 0 Å². The van der Waals surface area contributed by atoms with Gasteiger partial charge in [0.1, 0.15) is 5.82 Å². The smallest absolute Gasteiger partial charge is 0.139 e. The van der Waals surface area contributed by atoms with Gasteiger partial charge in [-0.3, -0.25) is 0 Å². The van der Waals surface area contributed by atoms with Gasteiger partial charge in [0.2, 0.25) is 0 Å². The lowest BCUT2D eigenvalue weighted by molar-refractivity contribution is 0.442. The van der Waals surface area contributed by atoms with Crippen LogP contribution in [-0.2, 0) is 0 Å². The van der Waals surface area contributed by atoms with Crippen LogP contribution in [0.2, 0.25) is 0 Å². The fraction of sp³-hybridized carbons (Fsp3) is 0.786. The van der Waals surface area contributed by atoms with Gasteiger partial charge in [0.25, 0.3) is 0 Å². The molecule has 4 heteroatoms. The summed E-state index contributed by atoms with van der Waals surface area (Å²) in [5, 5.41) is 8.33. The van der Waals surface area contributed by atoms with Crippen molar-refractivity contribution in [1.82, 2.24) is 9.78 Å². The Morgan fingerprint density at radius 2 is 2.28 bits per heavy atom. The van der Waals surface area contributed by atoms with E-state index in [1.807, 2.05) is 0 Å². The zero-order chi connectivity index (χ0) is 13.1. The minimum absolute atomic E-state index is 0.509. The zero-order valence-electron chi connectivity index (χ0n) is 11.7. The summed E-state index contributed by atoms with van der Waals surface area (Å²) < 4.78 is 3.36. The summed E-state index contributed by atoms with van der Waals surface area (Å²) >= 11 is 3.75. The number of hydrogen-bond acceptors (Lipinski definition) is 2. The topological polar surface area (TPSA) is 29.9 Å². The molecule has 0 saturated carbocycles. The van der Waals surface area contributed by atoms with E-state index in [1.54, 1.807) is 0 Å². The van der Waals surface area contributed by atoms with Crippen LogP contribution in [0.3, 0.4) is 0 Å². The van der Waals surface area contributed by atoms with Crippen molar-refractivity contribution in [3.63, 3.8) is 0 Å². The molecule has 0 aromatic carbocycles. The highest BCUT2D eigenvalue weighted by Gasteiger charge is 2.26. The standard InChI is InChI=1S/C14H24BrN3/c1-4-6-7-11(5-2)13-12(15)14-16-9-8-10(3)18(14)17-13/h10-11,16H,4-9H2,1-3H3. The van der Waals surface area contributed by atoms with Crippen molar-refractivity contribution < 1.29 is 0 Å². The van der Waals surface area contributed by atoms with Crippen LogP contribution >= 0.6 is 15.9 Å². The molecule has 2 heterocycles. The summed E-state index contributed by atoms with van der Waals surface area (Å²) in [5.41, 5.74) is 1.25. The van der Waals surface area contributed by atoms with Gasteiger partial charge in [0, 0.05) is 12.5 Å². The van der Waals surface area contributed by atoms with Gasteiger partial charge in [-0.05, 0) is 42.1 Å². The third kappa shape index (κ3) is 2.58. The van der Waals surface area contributed by atoms with E-state index in [4.69, 9.17) is 5.10 Å². The van der Waals surface area contributed by atoms with Crippen molar-refractivity contribution in [3.8, 4) is 0 Å². The van der Waals surface area contributed by atoms with Gasteiger partial charge in [0.15, 0.2) is 0 Å². The molecule has 1 aliphatic heterocycles. The largest absolute Gasteiger partial charge is 0.369 e. The number of hydrogen-bond donors (Lipinski definition) is 1. The van der Waals surface area contributed by atoms with E-state index in [0.29, 0.717) is 12.0 Å². The molecule has 0 fully saturated rings. The molecule has 2 atom stereocenters. The lowest BCUT2D eigenvalue weighted by Crippen LogP contribution is -2.21. The molecule has 0 spiro atoms. The zero-order valence-corrected chi connectivity index (χ0v) is 13.3. The Balaban J connectivity index is 2.27. The van der Waals surface area contributed by atoms with E-state index in [0.717, 1.165) is 13.0 Å². The van der Waals surface area contributed by atoms with Crippen LogP contribution in [0.15, 0.2) is 4.47 Å². The Bertz CT molecular complexity index is 400. The van der Waals surface area contributed by atoms with Crippen LogP contribution < -0.4 is 5.32 Å². The first-order chi connectivity index (χ1) is 8.69. The number of aromatic nitrogens is 2. The van der Waals surface area contributed by atoms with E-state index in [1.165, 1.54) is 41.7 Å². The second-order valence-electron chi connectivity index (χ2n) is 5.30. The second kappa shape index (κ2) is 6.09. The third-order valence-electron chi connectivity index (χ3n) is 3.94. The van der Waals surface area contributed by atoms with E-state index in [2.05, 4.69) is 46.7 Å². The fourth-order valence-corrected chi connectivity index (χ4v) is 3.40. The van der Waals surface area contributed by atoms with E-state index in [9.17, 15) is 0 Å². The Labute approximate surface area is 118 Å². The van der Waals surface area contributed by atoms with Crippen LogP contribution in [0.5, 0.6) is 0 Å². The predicted molar refractivity (Wildman–Crippen MR) is 80.3 cm³/mol. The highest BCUT2D eigenvalue weighted by atomic mass is 79.9. The van der Waals surface area contributed by atoms with Gasteiger partial charge >= 0.3 is 0 Å². The van der Waals surface area contributed by atoms with E-state index < -0.39 is 0 Å². The summed E-state index contributed by atoms with van der Waals surface area (Å²) in [5.74, 6) is 1.77. The first-order valence-electron chi connectivity index (χ1n) is 7.20. The van der Waals surface area contributed by atoms with Gasteiger partial charge in [-0.2, -0.15) is 5.10 Å². The lowest BCUT2D eigenvalue weighted by atomic mass is 9.96. The van der Waals surface area contributed by atoms with Gasteiger partial charge in [0.05, 0.1) is 16.2 Å². The SMILES string of the molecule is CCCCC(CC)c1nn2c(c1Br)NCCC2C. The van der Waals surface area contributed by atoms with E-state index >= 15 is 0 Å². The number of nitrogens with zero attached hydrogens (tertiary/aromatic N) is 2. The monoisotopic (exact) mass is 313 g/mol. The summed E-state index contributed by atoms with van der Waals surface area (Å²) in [4.78, 5) is 0. The molecule has 0 aliphatic carbocycles. The fourth-order valence-electron chi connectivity index (χ4n) is 2.68. The average molecular weight is 314 g/mol.